The van der Waals surface area contributed by atoms with E-state index in [4.69, 9.17) is 14.2 Å². The number of methoxy groups -OCH3 is 2. The Morgan fingerprint density at radius 1 is 0.971 bits per heavy atom. The molecule has 3 rings (SSSR count). The van der Waals surface area contributed by atoms with E-state index in [1.54, 1.807) is 26.4 Å². The molecular formula is C28H35NO6. The summed E-state index contributed by atoms with van der Waals surface area (Å²) in [4.78, 5) is 40.4. The van der Waals surface area contributed by atoms with E-state index in [1.807, 2.05) is 32.9 Å². The number of hydrogen-bond donors (Lipinski definition) is 0. The average Bonchev–Trinajstić information content (AvgIpc) is 2.85. The molecule has 0 radical (unpaired) electrons. The van der Waals surface area contributed by atoms with Gasteiger partial charge in [-0.05, 0) is 87.8 Å². The lowest BCUT2D eigenvalue weighted by atomic mass is 9.98. The standard InChI is InChI=1S/C28H35NO6/c1-18-11-12-24(33-4)21(15-18)9-8-14-35-28(32)23-10-6-7-13-29(23)27(31)25(30)22-16-19(2)26(34-5)20(3)17-22/h11-12,15-17,23H,6-10,13-14H2,1-5H3. The van der Waals surface area contributed by atoms with Crippen LogP contribution in [-0.4, -0.2) is 56.0 Å². The van der Waals surface area contributed by atoms with Crippen molar-refractivity contribution in [3.05, 3.63) is 58.1 Å². The minimum Gasteiger partial charge on any atom is -0.496 e. The maximum atomic E-state index is 13.1. The van der Waals surface area contributed by atoms with Crippen molar-refractivity contribution < 1.29 is 28.6 Å². The fourth-order valence-corrected chi connectivity index (χ4v) is 4.71. The highest BCUT2D eigenvalue weighted by atomic mass is 16.5. The zero-order valence-corrected chi connectivity index (χ0v) is 21.3. The maximum Gasteiger partial charge on any atom is 0.328 e. The highest BCUT2D eigenvalue weighted by Gasteiger charge is 2.36. The van der Waals surface area contributed by atoms with E-state index in [1.165, 1.54) is 4.90 Å². The molecule has 0 aromatic heterocycles. The largest absolute Gasteiger partial charge is 0.496 e. The van der Waals surface area contributed by atoms with Gasteiger partial charge in [0.05, 0.1) is 20.8 Å². The Morgan fingerprint density at radius 2 is 1.69 bits per heavy atom. The number of amides is 1. The van der Waals surface area contributed by atoms with Crippen LogP contribution in [0.3, 0.4) is 0 Å². The van der Waals surface area contributed by atoms with Gasteiger partial charge in [0.15, 0.2) is 0 Å². The van der Waals surface area contributed by atoms with E-state index < -0.39 is 23.7 Å². The van der Waals surface area contributed by atoms with Crippen molar-refractivity contribution >= 4 is 17.7 Å². The van der Waals surface area contributed by atoms with Crippen LogP contribution in [-0.2, 0) is 20.7 Å². The van der Waals surface area contributed by atoms with Gasteiger partial charge in [-0.2, -0.15) is 0 Å². The van der Waals surface area contributed by atoms with Gasteiger partial charge in [0, 0.05) is 12.1 Å². The Labute approximate surface area is 207 Å². The lowest BCUT2D eigenvalue weighted by Gasteiger charge is -2.33. The first kappa shape index (κ1) is 26.3. The van der Waals surface area contributed by atoms with E-state index >= 15 is 0 Å². The average molecular weight is 482 g/mol. The predicted molar refractivity (Wildman–Crippen MR) is 133 cm³/mol. The number of ether oxygens (including phenoxy) is 3. The van der Waals surface area contributed by atoms with Crippen molar-refractivity contribution in [1.29, 1.82) is 0 Å². The van der Waals surface area contributed by atoms with Crippen LogP contribution in [0.25, 0.3) is 0 Å². The molecule has 35 heavy (non-hydrogen) atoms. The van der Waals surface area contributed by atoms with Crippen LogP contribution in [0.4, 0.5) is 0 Å². The summed E-state index contributed by atoms with van der Waals surface area (Å²) >= 11 is 0. The summed E-state index contributed by atoms with van der Waals surface area (Å²) in [5.74, 6) is -0.237. The molecule has 0 spiro atoms. The minimum atomic E-state index is -0.742. The zero-order chi connectivity index (χ0) is 25.5. The van der Waals surface area contributed by atoms with Crippen LogP contribution in [0.15, 0.2) is 30.3 Å². The number of carbonyl (C=O) groups is 3. The molecule has 1 aliphatic heterocycles. The molecule has 7 heteroatoms. The van der Waals surface area contributed by atoms with Crippen molar-refractivity contribution in [2.75, 3.05) is 27.4 Å². The number of rotatable bonds is 9. The number of benzene rings is 2. The molecular weight excluding hydrogens is 446 g/mol. The molecule has 7 nitrogen and oxygen atoms in total. The van der Waals surface area contributed by atoms with Crippen molar-refractivity contribution in [2.45, 2.75) is 58.9 Å². The fraction of sp³-hybridized carbons (Fsp3) is 0.464. The van der Waals surface area contributed by atoms with E-state index in [0.29, 0.717) is 37.1 Å². The molecule has 1 unspecified atom stereocenters. The second-order valence-corrected chi connectivity index (χ2v) is 9.07. The Hall–Kier alpha value is -3.35. The molecule has 1 amide bonds. The second-order valence-electron chi connectivity index (χ2n) is 9.07. The third-order valence-corrected chi connectivity index (χ3v) is 6.43. The summed E-state index contributed by atoms with van der Waals surface area (Å²) in [6.45, 7) is 6.28. The number of hydrogen-bond acceptors (Lipinski definition) is 6. The highest BCUT2D eigenvalue weighted by molar-refractivity contribution is 6.43. The lowest BCUT2D eigenvalue weighted by molar-refractivity contribution is -0.155. The molecule has 0 bridgehead atoms. The van der Waals surface area contributed by atoms with Crippen LogP contribution < -0.4 is 9.47 Å². The van der Waals surface area contributed by atoms with Crippen molar-refractivity contribution in [3.8, 4) is 11.5 Å². The summed E-state index contributed by atoms with van der Waals surface area (Å²) in [5, 5.41) is 0. The monoisotopic (exact) mass is 481 g/mol. The molecule has 0 N–H and O–H groups in total. The van der Waals surface area contributed by atoms with Gasteiger partial charge in [0.2, 0.25) is 5.78 Å². The first-order chi connectivity index (χ1) is 16.8. The summed E-state index contributed by atoms with van der Waals surface area (Å²) < 4.78 is 16.3. The molecule has 2 aromatic rings. The fourth-order valence-electron chi connectivity index (χ4n) is 4.71. The van der Waals surface area contributed by atoms with Crippen molar-refractivity contribution in [1.82, 2.24) is 4.90 Å². The van der Waals surface area contributed by atoms with Crippen LogP contribution in [0, 0.1) is 20.8 Å². The molecule has 1 fully saturated rings. The van der Waals surface area contributed by atoms with Gasteiger partial charge in [-0.3, -0.25) is 9.59 Å². The predicted octanol–water partition coefficient (Wildman–Crippen LogP) is 4.37. The van der Waals surface area contributed by atoms with E-state index in [0.717, 1.165) is 40.8 Å². The first-order valence-electron chi connectivity index (χ1n) is 12.1. The third-order valence-electron chi connectivity index (χ3n) is 6.43. The molecule has 1 atom stereocenters. The van der Waals surface area contributed by atoms with E-state index in [2.05, 4.69) is 6.07 Å². The van der Waals surface area contributed by atoms with Gasteiger partial charge >= 0.3 is 5.97 Å². The number of piperidine rings is 1. The number of carbonyl (C=O) groups excluding carboxylic acids is 3. The highest BCUT2D eigenvalue weighted by Crippen LogP contribution is 2.26. The number of Topliss-reactive ketones (excluding diaryl/α,β-unsaturated/α-hetero) is 1. The van der Waals surface area contributed by atoms with Crippen LogP contribution in [0.5, 0.6) is 11.5 Å². The number of esters is 1. The molecule has 0 saturated carbocycles. The Morgan fingerprint density at radius 3 is 2.34 bits per heavy atom. The SMILES string of the molecule is COc1ccc(C)cc1CCCOC(=O)C1CCCCN1C(=O)C(=O)c1cc(C)c(OC)c(C)c1. The van der Waals surface area contributed by atoms with Crippen LogP contribution >= 0.6 is 0 Å². The summed E-state index contributed by atoms with van der Waals surface area (Å²) in [6, 6.07) is 8.56. The van der Waals surface area contributed by atoms with Crippen molar-refractivity contribution in [3.63, 3.8) is 0 Å². The zero-order valence-electron chi connectivity index (χ0n) is 21.3. The molecule has 1 heterocycles. The number of nitrogens with zero attached hydrogens (tertiary/aromatic N) is 1. The van der Waals surface area contributed by atoms with Gasteiger partial charge in [0.25, 0.3) is 5.91 Å². The summed E-state index contributed by atoms with van der Waals surface area (Å²) in [6.07, 6.45) is 3.38. The number of aryl methyl sites for hydroxylation is 4. The number of ketones is 1. The topological polar surface area (TPSA) is 82.1 Å². The van der Waals surface area contributed by atoms with Crippen LogP contribution in [0.2, 0.25) is 0 Å². The van der Waals surface area contributed by atoms with E-state index in [-0.39, 0.29) is 6.61 Å². The summed E-state index contributed by atoms with van der Waals surface area (Å²) in [5.41, 5.74) is 4.07. The molecule has 0 aliphatic carbocycles. The van der Waals surface area contributed by atoms with E-state index in [9.17, 15) is 14.4 Å². The van der Waals surface area contributed by atoms with Gasteiger partial charge < -0.3 is 19.1 Å². The normalized spacial score (nSPS) is 15.5. The van der Waals surface area contributed by atoms with Gasteiger partial charge in [-0.1, -0.05) is 17.7 Å². The molecule has 188 valence electrons. The van der Waals surface area contributed by atoms with Crippen LogP contribution in [0.1, 0.15) is 58.3 Å². The van der Waals surface area contributed by atoms with Gasteiger partial charge in [-0.25, -0.2) is 4.79 Å². The Balaban J connectivity index is 1.62. The Bertz CT molecular complexity index is 1070. The quantitative estimate of drug-likeness (QED) is 0.229. The third kappa shape index (κ3) is 6.21. The molecule has 1 aliphatic rings. The molecule has 2 aromatic carbocycles. The van der Waals surface area contributed by atoms with Gasteiger partial charge in [-0.15, -0.1) is 0 Å². The van der Waals surface area contributed by atoms with Gasteiger partial charge in [0.1, 0.15) is 17.5 Å². The number of likely N-dealkylation sites (tertiary alicyclic amines) is 1. The summed E-state index contributed by atoms with van der Waals surface area (Å²) in [7, 11) is 3.21. The minimum absolute atomic E-state index is 0.235. The second kappa shape index (κ2) is 11.9. The maximum absolute atomic E-state index is 13.1. The Kier molecular flexibility index (Phi) is 8.90. The first-order valence-corrected chi connectivity index (χ1v) is 12.1. The molecule has 1 saturated heterocycles. The smallest absolute Gasteiger partial charge is 0.328 e. The van der Waals surface area contributed by atoms with Crippen molar-refractivity contribution in [2.24, 2.45) is 0 Å². The lowest BCUT2D eigenvalue weighted by Crippen LogP contribution is -2.51.